The number of benzene rings is 1. The van der Waals surface area contributed by atoms with Gasteiger partial charge in [-0.05, 0) is 36.5 Å². The summed E-state index contributed by atoms with van der Waals surface area (Å²) in [5, 5.41) is 7.07. The lowest BCUT2D eigenvalue weighted by molar-refractivity contribution is 0.415. The Labute approximate surface area is 120 Å². The second kappa shape index (κ2) is 5.81. The zero-order chi connectivity index (χ0) is 13.8. The van der Waals surface area contributed by atoms with E-state index in [-0.39, 0.29) is 0 Å². The van der Waals surface area contributed by atoms with E-state index in [9.17, 15) is 0 Å². The number of hydrogen-bond acceptors (Lipinski definition) is 4. The van der Waals surface area contributed by atoms with Crippen molar-refractivity contribution < 1.29 is 4.74 Å². The number of nitrogens with zero attached hydrogens (tertiary/aromatic N) is 1. The maximum Gasteiger partial charge on any atom is 0.190 e. The number of nitrogens with one attached hydrogen (secondary N) is 2. The number of thiazole rings is 1. The number of methoxy groups -OCH3 is 1. The van der Waals surface area contributed by atoms with Crippen LogP contribution in [0.5, 0.6) is 5.75 Å². The highest BCUT2D eigenvalue weighted by Gasteiger charge is 2.06. The fourth-order valence-electron chi connectivity index (χ4n) is 1.41. The lowest BCUT2D eigenvalue weighted by Crippen LogP contribution is -2.26. The first-order valence-electron chi connectivity index (χ1n) is 5.46. The highest BCUT2D eigenvalue weighted by Crippen LogP contribution is 2.29. The largest absolute Gasteiger partial charge is 0.497 e. The fraction of sp³-hybridized carbons (Fsp3) is 0.0769. The van der Waals surface area contributed by atoms with Gasteiger partial charge in [-0.15, -0.1) is 0 Å². The third-order valence-electron chi connectivity index (χ3n) is 2.34. The van der Waals surface area contributed by atoms with E-state index in [1.807, 2.05) is 18.2 Å². The number of hydrogen-bond donors (Lipinski definition) is 2. The Morgan fingerprint density at radius 2 is 2.32 bits per heavy atom. The molecule has 6 heteroatoms. The molecule has 0 saturated heterocycles. The lowest BCUT2D eigenvalue weighted by Gasteiger charge is -2.06. The van der Waals surface area contributed by atoms with Crippen LogP contribution in [0.2, 0.25) is 0 Å². The normalized spacial score (nSPS) is 9.95. The zero-order valence-corrected chi connectivity index (χ0v) is 12.0. The summed E-state index contributed by atoms with van der Waals surface area (Å²) in [6, 6.07) is 5.73. The van der Waals surface area contributed by atoms with E-state index in [0.717, 1.165) is 21.1 Å². The minimum atomic E-state index is 0.441. The molecule has 0 fully saturated rings. The van der Waals surface area contributed by atoms with Gasteiger partial charge in [0.25, 0.3) is 0 Å². The monoisotopic (exact) mass is 291 g/mol. The first kappa shape index (κ1) is 13.5. The third kappa shape index (κ3) is 3.30. The van der Waals surface area contributed by atoms with Gasteiger partial charge in [0.1, 0.15) is 5.75 Å². The summed E-state index contributed by atoms with van der Waals surface area (Å²) in [4.78, 5) is 4.43. The predicted molar refractivity (Wildman–Crippen MR) is 84.9 cm³/mol. The molecular weight excluding hydrogens is 278 g/mol. The molecule has 0 spiro atoms. The Bertz CT molecular complexity index is 648. The molecule has 2 aromatic rings. The highest BCUT2D eigenvalue weighted by molar-refractivity contribution is 7.80. The standard InChI is InChI=1S/C13H13N3OS2/c1-4-8(2)14-12(18)16-13-15-10-6-5-9(17-3)7-11(10)19-13/h4-7H,1-2H2,3H3,(H2,14,15,16,18). The van der Waals surface area contributed by atoms with Crippen LogP contribution in [0.4, 0.5) is 5.13 Å². The van der Waals surface area contributed by atoms with E-state index in [1.54, 1.807) is 13.2 Å². The van der Waals surface area contributed by atoms with Gasteiger partial charge in [0.05, 0.1) is 17.3 Å². The molecule has 0 atom stereocenters. The molecule has 0 amide bonds. The first-order valence-corrected chi connectivity index (χ1v) is 6.69. The molecule has 0 radical (unpaired) electrons. The molecule has 2 N–H and O–H groups in total. The molecule has 0 saturated carbocycles. The molecule has 1 aromatic heterocycles. The maximum absolute atomic E-state index is 5.18. The zero-order valence-electron chi connectivity index (χ0n) is 10.4. The Kier molecular flexibility index (Phi) is 4.13. The molecule has 19 heavy (non-hydrogen) atoms. The average Bonchev–Trinajstić information content (AvgIpc) is 2.78. The van der Waals surface area contributed by atoms with E-state index in [0.29, 0.717) is 10.8 Å². The summed E-state index contributed by atoms with van der Waals surface area (Å²) in [5.41, 5.74) is 1.54. The van der Waals surface area contributed by atoms with E-state index in [1.165, 1.54) is 11.3 Å². The van der Waals surface area contributed by atoms with Crippen LogP contribution in [0.1, 0.15) is 0 Å². The number of ether oxygens (including phenoxy) is 1. The molecule has 0 unspecified atom stereocenters. The van der Waals surface area contributed by atoms with Gasteiger partial charge in [-0.25, -0.2) is 4.98 Å². The van der Waals surface area contributed by atoms with Gasteiger partial charge in [0.15, 0.2) is 10.2 Å². The number of anilines is 1. The number of fused-ring (bicyclic) bond motifs is 1. The van der Waals surface area contributed by atoms with Gasteiger partial charge in [0.2, 0.25) is 0 Å². The summed E-state index contributed by atoms with van der Waals surface area (Å²) in [6.45, 7) is 7.33. The lowest BCUT2D eigenvalue weighted by atomic mass is 10.3. The van der Waals surface area contributed by atoms with Gasteiger partial charge < -0.3 is 15.4 Å². The SMILES string of the molecule is C=CC(=C)NC(=S)Nc1nc2ccc(OC)cc2s1. The highest BCUT2D eigenvalue weighted by atomic mass is 32.1. The van der Waals surface area contributed by atoms with Crippen LogP contribution in [-0.2, 0) is 0 Å². The molecule has 4 nitrogen and oxygen atoms in total. The van der Waals surface area contributed by atoms with Crippen molar-refractivity contribution in [2.75, 3.05) is 12.4 Å². The molecule has 0 aliphatic carbocycles. The van der Waals surface area contributed by atoms with Crippen LogP contribution in [0.3, 0.4) is 0 Å². The van der Waals surface area contributed by atoms with Crippen molar-refractivity contribution in [3.63, 3.8) is 0 Å². The molecule has 98 valence electrons. The second-order valence-electron chi connectivity index (χ2n) is 3.66. The van der Waals surface area contributed by atoms with E-state index in [2.05, 4.69) is 28.8 Å². The van der Waals surface area contributed by atoms with Gasteiger partial charge in [0, 0.05) is 5.70 Å². The van der Waals surface area contributed by atoms with E-state index >= 15 is 0 Å². The molecule has 0 bridgehead atoms. The van der Waals surface area contributed by atoms with Crippen LogP contribution in [0.25, 0.3) is 10.2 Å². The predicted octanol–water partition coefficient (Wildman–Crippen LogP) is 3.29. The Balaban J connectivity index is 2.15. The molecular formula is C13H13N3OS2. The second-order valence-corrected chi connectivity index (χ2v) is 5.10. The molecule has 0 aliphatic rings. The Hall–Kier alpha value is -1.92. The van der Waals surface area contributed by atoms with Gasteiger partial charge in [-0.1, -0.05) is 24.5 Å². The van der Waals surface area contributed by atoms with Gasteiger partial charge in [-0.2, -0.15) is 0 Å². The third-order valence-corrected chi connectivity index (χ3v) is 3.47. The van der Waals surface area contributed by atoms with Crippen LogP contribution >= 0.6 is 23.6 Å². The molecule has 2 rings (SSSR count). The van der Waals surface area contributed by atoms with Crippen molar-refractivity contribution in [3.05, 3.63) is 43.1 Å². The smallest absolute Gasteiger partial charge is 0.190 e. The number of thiocarbonyl (C=S) groups is 1. The first-order chi connectivity index (χ1) is 9.12. The van der Waals surface area contributed by atoms with E-state index < -0.39 is 0 Å². The molecule has 1 aromatic carbocycles. The quantitative estimate of drug-likeness (QED) is 0.668. The van der Waals surface area contributed by atoms with Crippen molar-refractivity contribution in [1.82, 2.24) is 10.3 Å². The van der Waals surface area contributed by atoms with Crippen molar-refractivity contribution >= 4 is 44.0 Å². The van der Waals surface area contributed by atoms with Crippen LogP contribution < -0.4 is 15.4 Å². The maximum atomic E-state index is 5.18. The minimum Gasteiger partial charge on any atom is -0.497 e. The number of aromatic nitrogens is 1. The summed E-state index contributed by atoms with van der Waals surface area (Å²) in [7, 11) is 1.64. The molecule has 0 aliphatic heterocycles. The average molecular weight is 291 g/mol. The van der Waals surface area contributed by atoms with Gasteiger partial charge >= 0.3 is 0 Å². The van der Waals surface area contributed by atoms with E-state index in [4.69, 9.17) is 17.0 Å². The summed E-state index contributed by atoms with van der Waals surface area (Å²) >= 11 is 6.65. The Morgan fingerprint density at radius 3 is 3.00 bits per heavy atom. The van der Waals surface area contributed by atoms with Crippen LogP contribution in [-0.4, -0.2) is 17.2 Å². The summed E-state index contributed by atoms with van der Waals surface area (Å²) < 4.78 is 6.21. The summed E-state index contributed by atoms with van der Waals surface area (Å²) in [5.74, 6) is 0.809. The van der Waals surface area contributed by atoms with Crippen molar-refractivity contribution in [3.8, 4) is 5.75 Å². The number of allylic oxidation sites excluding steroid dienone is 1. The summed E-state index contributed by atoms with van der Waals surface area (Å²) in [6.07, 6.45) is 1.59. The fourth-order valence-corrected chi connectivity index (χ4v) is 2.60. The van der Waals surface area contributed by atoms with Crippen LogP contribution in [0.15, 0.2) is 43.1 Å². The topological polar surface area (TPSA) is 46.2 Å². The molecule has 1 heterocycles. The number of rotatable bonds is 4. The van der Waals surface area contributed by atoms with Crippen molar-refractivity contribution in [2.24, 2.45) is 0 Å². The van der Waals surface area contributed by atoms with Crippen LogP contribution in [0, 0.1) is 0 Å². The van der Waals surface area contributed by atoms with Crippen molar-refractivity contribution in [1.29, 1.82) is 0 Å². The Morgan fingerprint density at radius 1 is 1.53 bits per heavy atom. The van der Waals surface area contributed by atoms with Crippen molar-refractivity contribution in [2.45, 2.75) is 0 Å². The minimum absolute atomic E-state index is 0.441. The van der Waals surface area contributed by atoms with Gasteiger partial charge in [-0.3, -0.25) is 0 Å².